The molecule has 6 nitrogen and oxygen atoms in total. The minimum Gasteiger partial charge on any atom is -0.483 e. The zero-order valence-electron chi connectivity index (χ0n) is 15.8. The van der Waals surface area contributed by atoms with E-state index in [0.717, 1.165) is 30.9 Å². The summed E-state index contributed by atoms with van der Waals surface area (Å²) in [6.45, 7) is 4.78. The molecule has 4 rings (SSSR count). The van der Waals surface area contributed by atoms with Gasteiger partial charge in [0.25, 0.3) is 0 Å². The van der Waals surface area contributed by atoms with Crippen LogP contribution in [0.4, 0.5) is 14.5 Å². The molecule has 2 atom stereocenters. The Morgan fingerprint density at radius 3 is 2.68 bits per heavy atom. The van der Waals surface area contributed by atoms with Crippen LogP contribution in [0.2, 0.25) is 0 Å². The molecule has 2 heterocycles. The van der Waals surface area contributed by atoms with Crippen LogP contribution in [0.3, 0.4) is 0 Å². The highest BCUT2D eigenvalue weighted by atomic mass is 19.1. The molecular weight excluding hydrogens is 366 g/mol. The fourth-order valence-electron chi connectivity index (χ4n) is 3.86. The minimum absolute atomic E-state index is 0.165. The SMILES string of the molecule is Cc1cc(F)cc(-n2ncc(N3CCNCC3)c(OC3CCC(F)C3)c2=O)c1. The predicted octanol–water partition coefficient (Wildman–Crippen LogP) is 2.36. The second-order valence-corrected chi connectivity index (χ2v) is 7.45. The Kier molecular flexibility index (Phi) is 5.30. The van der Waals surface area contributed by atoms with Crippen molar-refractivity contribution in [3.63, 3.8) is 0 Å². The molecule has 0 spiro atoms. The summed E-state index contributed by atoms with van der Waals surface area (Å²) < 4.78 is 34.7. The molecule has 2 unspecified atom stereocenters. The Morgan fingerprint density at radius 1 is 1.21 bits per heavy atom. The van der Waals surface area contributed by atoms with Gasteiger partial charge in [-0.2, -0.15) is 9.78 Å². The van der Waals surface area contributed by atoms with Crippen LogP contribution in [-0.2, 0) is 0 Å². The van der Waals surface area contributed by atoms with Crippen molar-refractivity contribution in [2.45, 2.75) is 38.5 Å². The molecule has 150 valence electrons. The first kappa shape index (κ1) is 18.9. The van der Waals surface area contributed by atoms with E-state index < -0.39 is 17.5 Å². The van der Waals surface area contributed by atoms with Gasteiger partial charge in [0.05, 0.1) is 11.9 Å². The summed E-state index contributed by atoms with van der Waals surface area (Å²) in [5.41, 5.74) is 1.18. The lowest BCUT2D eigenvalue weighted by Crippen LogP contribution is -2.44. The van der Waals surface area contributed by atoms with Crippen molar-refractivity contribution in [2.24, 2.45) is 0 Å². The van der Waals surface area contributed by atoms with Crippen molar-refractivity contribution in [1.29, 1.82) is 0 Å². The smallest absolute Gasteiger partial charge is 0.316 e. The summed E-state index contributed by atoms with van der Waals surface area (Å²) in [4.78, 5) is 15.3. The first-order valence-corrected chi connectivity index (χ1v) is 9.67. The number of aryl methyl sites for hydroxylation is 1. The van der Waals surface area contributed by atoms with Gasteiger partial charge >= 0.3 is 5.56 Å². The summed E-state index contributed by atoms with van der Waals surface area (Å²) in [6.07, 6.45) is 1.64. The molecule has 2 aliphatic rings. The molecule has 1 N–H and O–H groups in total. The third-order valence-corrected chi connectivity index (χ3v) is 5.25. The Balaban J connectivity index is 1.76. The van der Waals surface area contributed by atoms with E-state index in [-0.39, 0.29) is 18.3 Å². The first-order valence-electron chi connectivity index (χ1n) is 9.67. The van der Waals surface area contributed by atoms with Crippen LogP contribution in [0.25, 0.3) is 5.69 Å². The average molecular weight is 390 g/mol. The maximum atomic E-state index is 13.9. The van der Waals surface area contributed by atoms with E-state index in [1.54, 1.807) is 19.2 Å². The standard InChI is InChI=1S/C20H24F2N4O2/c1-13-8-15(22)10-16(9-13)26-20(27)19(28-17-3-2-14(21)11-17)18(12-24-26)25-6-4-23-5-7-25/h8-10,12,14,17,23H,2-7,11H2,1H3. The average Bonchev–Trinajstić information content (AvgIpc) is 3.08. The number of hydrogen-bond donors (Lipinski definition) is 1. The number of halogens is 2. The van der Waals surface area contributed by atoms with E-state index >= 15 is 0 Å². The van der Waals surface area contributed by atoms with Crippen LogP contribution in [0.1, 0.15) is 24.8 Å². The van der Waals surface area contributed by atoms with Crippen LogP contribution in [0.5, 0.6) is 5.75 Å². The third kappa shape index (κ3) is 3.87. The van der Waals surface area contributed by atoms with Gasteiger partial charge in [-0.3, -0.25) is 4.79 Å². The number of aromatic nitrogens is 2. The molecule has 1 aliphatic carbocycles. The molecule has 1 saturated heterocycles. The van der Waals surface area contributed by atoms with E-state index in [9.17, 15) is 13.6 Å². The van der Waals surface area contributed by atoms with Crippen molar-refractivity contribution < 1.29 is 13.5 Å². The van der Waals surface area contributed by atoms with Crippen molar-refractivity contribution in [1.82, 2.24) is 15.1 Å². The van der Waals surface area contributed by atoms with Gasteiger partial charge in [-0.25, -0.2) is 8.78 Å². The molecule has 2 fully saturated rings. The number of alkyl halides is 1. The quantitative estimate of drug-likeness (QED) is 0.869. The van der Waals surface area contributed by atoms with Crippen molar-refractivity contribution in [3.8, 4) is 11.4 Å². The minimum atomic E-state index is -0.900. The molecule has 0 radical (unpaired) electrons. The highest BCUT2D eigenvalue weighted by Gasteiger charge is 2.29. The second-order valence-electron chi connectivity index (χ2n) is 7.45. The lowest BCUT2D eigenvalue weighted by atomic mass is 10.2. The van der Waals surface area contributed by atoms with Crippen LogP contribution >= 0.6 is 0 Å². The Hall–Kier alpha value is -2.48. The number of nitrogens with one attached hydrogen (secondary N) is 1. The molecule has 1 aromatic heterocycles. The van der Waals surface area contributed by atoms with Gasteiger partial charge in [0.1, 0.15) is 23.8 Å². The highest BCUT2D eigenvalue weighted by Crippen LogP contribution is 2.30. The zero-order chi connectivity index (χ0) is 19.7. The maximum Gasteiger partial charge on any atom is 0.316 e. The lowest BCUT2D eigenvalue weighted by molar-refractivity contribution is 0.193. The summed E-state index contributed by atoms with van der Waals surface area (Å²) in [5.74, 6) is -0.272. The van der Waals surface area contributed by atoms with Crippen molar-refractivity contribution in [2.75, 3.05) is 31.1 Å². The van der Waals surface area contributed by atoms with Crippen molar-refractivity contribution in [3.05, 3.63) is 46.1 Å². The van der Waals surface area contributed by atoms with E-state index in [4.69, 9.17) is 4.74 Å². The highest BCUT2D eigenvalue weighted by molar-refractivity contribution is 5.57. The number of ether oxygens (including phenoxy) is 1. The number of anilines is 1. The molecule has 28 heavy (non-hydrogen) atoms. The number of piperazine rings is 1. The third-order valence-electron chi connectivity index (χ3n) is 5.25. The van der Waals surface area contributed by atoms with E-state index in [1.165, 1.54) is 12.1 Å². The van der Waals surface area contributed by atoms with Gasteiger partial charge < -0.3 is 15.0 Å². The van der Waals surface area contributed by atoms with Crippen LogP contribution < -0.4 is 20.5 Å². The van der Waals surface area contributed by atoms with Crippen LogP contribution in [0, 0.1) is 12.7 Å². The summed E-state index contributed by atoms with van der Waals surface area (Å²) >= 11 is 0. The Labute approximate surface area is 162 Å². The van der Waals surface area contributed by atoms with Gasteiger partial charge in [0, 0.05) is 32.6 Å². The fourth-order valence-corrected chi connectivity index (χ4v) is 3.86. The number of benzene rings is 1. The summed E-state index contributed by atoms with van der Waals surface area (Å²) in [7, 11) is 0. The van der Waals surface area contributed by atoms with Gasteiger partial charge in [0.15, 0.2) is 0 Å². The maximum absolute atomic E-state index is 13.9. The molecule has 0 amide bonds. The van der Waals surface area contributed by atoms with Gasteiger partial charge in [0.2, 0.25) is 5.75 Å². The molecule has 1 aliphatic heterocycles. The molecule has 1 saturated carbocycles. The molecule has 8 heteroatoms. The van der Waals surface area contributed by atoms with E-state index in [1.807, 2.05) is 4.90 Å². The largest absolute Gasteiger partial charge is 0.483 e. The van der Waals surface area contributed by atoms with Crippen LogP contribution in [-0.4, -0.2) is 48.2 Å². The molecular formula is C20H24F2N4O2. The van der Waals surface area contributed by atoms with E-state index in [0.29, 0.717) is 29.8 Å². The molecule has 2 aromatic rings. The summed E-state index contributed by atoms with van der Waals surface area (Å²) in [5, 5.41) is 7.55. The number of nitrogens with zero attached hydrogens (tertiary/aromatic N) is 3. The second kappa shape index (κ2) is 7.87. The van der Waals surface area contributed by atoms with E-state index in [2.05, 4.69) is 10.4 Å². The van der Waals surface area contributed by atoms with Crippen LogP contribution in [0.15, 0.2) is 29.2 Å². The summed E-state index contributed by atoms with van der Waals surface area (Å²) in [6, 6.07) is 4.35. The normalized spacial score (nSPS) is 22.5. The predicted molar refractivity (Wildman–Crippen MR) is 103 cm³/mol. The monoisotopic (exact) mass is 390 g/mol. The zero-order valence-corrected chi connectivity index (χ0v) is 15.8. The van der Waals surface area contributed by atoms with Crippen molar-refractivity contribution >= 4 is 5.69 Å². The molecule has 0 bridgehead atoms. The Morgan fingerprint density at radius 2 is 2.00 bits per heavy atom. The lowest BCUT2D eigenvalue weighted by Gasteiger charge is -2.31. The Bertz CT molecular complexity index is 891. The molecule has 1 aromatic carbocycles. The number of rotatable bonds is 4. The topological polar surface area (TPSA) is 59.4 Å². The fraction of sp³-hybridized carbons (Fsp3) is 0.500. The van der Waals surface area contributed by atoms with Gasteiger partial charge in [-0.15, -0.1) is 0 Å². The van der Waals surface area contributed by atoms with Gasteiger partial charge in [-0.1, -0.05) is 0 Å². The van der Waals surface area contributed by atoms with Gasteiger partial charge in [-0.05, 0) is 43.5 Å². The first-order chi connectivity index (χ1) is 13.5. The number of hydrogen-bond acceptors (Lipinski definition) is 5.